The van der Waals surface area contributed by atoms with E-state index >= 15 is 0 Å². The van der Waals surface area contributed by atoms with Crippen LogP contribution in [-0.2, 0) is 14.3 Å². The Labute approximate surface area is 167 Å². The summed E-state index contributed by atoms with van der Waals surface area (Å²) in [6.45, 7) is 6.07. The fourth-order valence-corrected chi connectivity index (χ4v) is 2.65. The SMILES string of the molecule is COc1ccc2c([C@H](C)C(=O)OCC#N)c(NC(=O)OC(C)(C)C)c(=O)oc2c1. The fourth-order valence-electron chi connectivity index (χ4n) is 2.65. The summed E-state index contributed by atoms with van der Waals surface area (Å²) >= 11 is 0. The number of nitrogens with zero attached hydrogens (tertiary/aromatic N) is 1. The van der Waals surface area contributed by atoms with Gasteiger partial charge in [-0.05, 0) is 39.8 Å². The maximum Gasteiger partial charge on any atom is 0.412 e. The molecule has 1 aromatic heterocycles. The van der Waals surface area contributed by atoms with Crippen LogP contribution < -0.4 is 15.7 Å². The van der Waals surface area contributed by atoms with Crippen LogP contribution in [0, 0.1) is 11.3 Å². The number of carbonyl (C=O) groups is 2. The predicted octanol–water partition coefficient (Wildman–Crippen LogP) is 3.32. The minimum Gasteiger partial charge on any atom is -0.497 e. The van der Waals surface area contributed by atoms with Crippen molar-refractivity contribution in [3.05, 3.63) is 34.2 Å². The average Bonchev–Trinajstić information content (AvgIpc) is 2.64. The number of nitriles is 1. The first-order valence-corrected chi connectivity index (χ1v) is 8.75. The normalized spacial score (nSPS) is 12.0. The highest BCUT2D eigenvalue weighted by Gasteiger charge is 2.28. The van der Waals surface area contributed by atoms with Crippen molar-refractivity contribution in [1.29, 1.82) is 5.26 Å². The van der Waals surface area contributed by atoms with Gasteiger partial charge in [0.15, 0.2) is 6.61 Å². The molecule has 1 N–H and O–H groups in total. The first-order chi connectivity index (χ1) is 13.6. The molecule has 2 aromatic rings. The standard InChI is InChI=1S/C20H22N2O7/c1-11(17(23)27-9-8-21)15-13-7-6-12(26-5)10-14(13)28-18(24)16(15)22-19(25)29-20(2,3)4/h6-7,10-11H,9H2,1-5H3,(H,22,25)/t11-/m0/s1. The van der Waals surface area contributed by atoms with Crippen molar-refractivity contribution in [3.8, 4) is 11.8 Å². The van der Waals surface area contributed by atoms with Gasteiger partial charge in [0.05, 0.1) is 13.0 Å². The highest BCUT2D eigenvalue weighted by Crippen LogP contribution is 2.33. The van der Waals surface area contributed by atoms with Crippen LogP contribution in [0.25, 0.3) is 11.0 Å². The smallest absolute Gasteiger partial charge is 0.412 e. The lowest BCUT2D eigenvalue weighted by atomic mass is 9.96. The van der Waals surface area contributed by atoms with Gasteiger partial charge >= 0.3 is 17.7 Å². The minimum atomic E-state index is -0.978. The summed E-state index contributed by atoms with van der Waals surface area (Å²) in [7, 11) is 1.46. The van der Waals surface area contributed by atoms with Crippen LogP contribution in [0.15, 0.2) is 27.4 Å². The monoisotopic (exact) mass is 402 g/mol. The third-order valence-electron chi connectivity index (χ3n) is 3.85. The van der Waals surface area contributed by atoms with E-state index in [9.17, 15) is 14.4 Å². The molecular weight excluding hydrogens is 380 g/mol. The molecule has 0 saturated carbocycles. The first-order valence-electron chi connectivity index (χ1n) is 8.75. The van der Waals surface area contributed by atoms with Gasteiger partial charge in [-0.1, -0.05) is 0 Å². The molecule has 0 aliphatic rings. The van der Waals surface area contributed by atoms with Crippen LogP contribution in [0.5, 0.6) is 5.75 Å². The molecule has 9 nitrogen and oxygen atoms in total. The van der Waals surface area contributed by atoms with Crippen LogP contribution in [0.4, 0.5) is 10.5 Å². The van der Waals surface area contributed by atoms with Gasteiger partial charge < -0.3 is 18.6 Å². The lowest BCUT2D eigenvalue weighted by Crippen LogP contribution is -2.30. The van der Waals surface area contributed by atoms with E-state index in [2.05, 4.69) is 5.32 Å². The van der Waals surface area contributed by atoms with E-state index < -0.39 is 35.8 Å². The molecule has 0 fully saturated rings. The Morgan fingerprint density at radius 3 is 2.59 bits per heavy atom. The van der Waals surface area contributed by atoms with Crippen molar-refractivity contribution >= 4 is 28.7 Å². The van der Waals surface area contributed by atoms with Gasteiger partial charge in [-0.25, -0.2) is 9.59 Å². The predicted molar refractivity (Wildman–Crippen MR) is 104 cm³/mol. The molecule has 0 unspecified atom stereocenters. The molecule has 154 valence electrons. The van der Waals surface area contributed by atoms with Crippen molar-refractivity contribution in [2.45, 2.75) is 39.2 Å². The average molecular weight is 402 g/mol. The quantitative estimate of drug-likeness (QED) is 0.596. The lowest BCUT2D eigenvalue weighted by molar-refractivity contribution is -0.143. The van der Waals surface area contributed by atoms with Crippen LogP contribution >= 0.6 is 0 Å². The Morgan fingerprint density at radius 1 is 1.31 bits per heavy atom. The third-order valence-corrected chi connectivity index (χ3v) is 3.85. The second kappa shape index (κ2) is 8.65. The van der Waals surface area contributed by atoms with Crippen LogP contribution in [0.2, 0.25) is 0 Å². The molecule has 0 radical (unpaired) electrons. The second-order valence-corrected chi connectivity index (χ2v) is 7.15. The molecule has 0 aliphatic heterocycles. The molecule has 1 amide bonds. The zero-order valence-electron chi connectivity index (χ0n) is 16.8. The Hall–Kier alpha value is -3.54. The van der Waals surface area contributed by atoms with E-state index in [1.165, 1.54) is 20.1 Å². The number of hydrogen-bond donors (Lipinski definition) is 1. The number of methoxy groups -OCH3 is 1. The van der Waals surface area contributed by atoms with Gasteiger partial charge in [0.2, 0.25) is 0 Å². The summed E-state index contributed by atoms with van der Waals surface area (Å²) in [5.74, 6) is -1.27. The molecule has 1 aromatic carbocycles. The van der Waals surface area contributed by atoms with Gasteiger partial charge in [-0.3, -0.25) is 10.1 Å². The van der Waals surface area contributed by atoms with Crippen molar-refractivity contribution in [1.82, 2.24) is 0 Å². The Balaban J connectivity index is 2.63. The highest BCUT2D eigenvalue weighted by molar-refractivity contribution is 5.96. The summed E-state index contributed by atoms with van der Waals surface area (Å²) in [4.78, 5) is 37.2. The molecule has 29 heavy (non-hydrogen) atoms. The van der Waals surface area contributed by atoms with E-state index in [4.69, 9.17) is 23.9 Å². The molecule has 2 rings (SSSR count). The summed E-state index contributed by atoms with van der Waals surface area (Å²) < 4.78 is 20.5. The summed E-state index contributed by atoms with van der Waals surface area (Å²) in [6, 6.07) is 6.42. The summed E-state index contributed by atoms with van der Waals surface area (Å²) in [5.41, 5.74) is -1.55. The van der Waals surface area contributed by atoms with E-state index in [1.807, 2.05) is 0 Å². The van der Waals surface area contributed by atoms with Crippen molar-refractivity contribution < 1.29 is 28.2 Å². The Bertz CT molecular complexity index is 1030. The molecule has 9 heteroatoms. The highest BCUT2D eigenvalue weighted by atomic mass is 16.6. The van der Waals surface area contributed by atoms with Crippen LogP contribution in [0.3, 0.4) is 0 Å². The van der Waals surface area contributed by atoms with Crippen molar-refractivity contribution in [2.75, 3.05) is 19.0 Å². The lowest BCUT2D eigenvalue weighted by Gasteiger charge is -2.21. The largest absolute Gasteiger partial charge is 0.497 e. The molecule has 1 atom stereocenters. The van der Waals surface area contributed by atoms with Gasteiger partial charge in [0.1, 0.15) is 28.7 Å². The number of hydrogen-bond acceptors (Lipinski definition) is 8. The number of benzene rings is 1. The van der Waals surface area contributed by atoms with E-state index in [-0.39, 0.29) is 16.8 Å². The van der Waals surface area contributed by atoms with Gasteiger partial charge in [0, 0.05) is 17.0 Å². The maximum atomic E-state index is 12.6. The van der Waals surface area contributed by atoms with Crippen LogP contribution in [0.1, 0.15) is 39.2 Å². The zero-order chi connectivity index (χ0) is 21.8. The molecular formula is C20H22N2O7. The fraction of sp³-hybridized carbons (Fsp3) is 0.400. The molecule has 0 aliphatic carbocycles. The number of rotatable bonds is 5. The Morgan fingerprint density at radius 2 is 2.00 bits per heavy atom. The van der Waals surface area contributed by atoms with Gasteiger partial charge in [-0.2, -0.15) is 5.26 Å². The topological polar surface area (TPSA) is 128 Å². The van der Waals surface area contributed by atoms with Gasteiger partial charge in [0.25, 0.3) is 0 Å². The first kappa shape index (κ1) is 21.8. The second-order valence-electron chi connectivity index (χ2n) is 7.15. The van der Waals surface area contributed by atoms with E-state index in [0.717, 1.165) is 0 Å². The van der Waals surface area contributed by atoms with E-state index in [1.54, 1.807) is 39.0 Å². The number of ether oxygens (including phenoxy) is 3. The van der Waals surface area contributed by atoms with Gasteiger partial charge in [-0.15, -0.1) is 0 Å². The van der Waals surface area contributed by atoms with Crippen molar-refractivity contribution in [3.63, 3.8) is 0 Å². The number of amides is 1. The maximum absolute atomic E-state index is 12.6. The van der Waals surface area contributed by atoms with E-state index in [0.29, 0.717) is 11.1 Å². The summed E-state index contributed by atoms with van der Waals surface area (Å²) in [5, 5.41) is 11.4. The number of nitrogens with one attached hydrogen (secondary N) is 1. The minimum absolute atomic E-state index is 0.166. The third kappa shape index (κ3) is 5.25. The zero-order valence-corrected chi connectivity index (χ0v) is 16.8. The number of esters is 1. The van der Waals surface area contributed by atoms with Crippen molar-refractivity contribution in [2.24, 2.45) is 0 Å². The molecule has 1 heterocycles. The number of anilines is 1. The molecule has 0 spiro atoms. The number of carbonyl (C=O) groups excluding carboxylic acids is 2. The van der Waals surface area contributed by atoms with Crippen LogP contribution in [-0.4, -0.2) is 31.4 Å². The number of fused-ring (bicyclic) bond motifs is 1. The molecule has 0 bridgehead atoms. The molecule has 0 saturated heterocycles. The Kier molecular flexibility index (Phi) is 6.49. The summed E-state index contributed by atoms with van der Waals surface area (Å²) in [6.07, 6.45) is -0.878.